The molecule has 2 heterocycles. The molecule has 1 atom stereocenters. The molecule has 10 rings (SSSR count). The van der Waals surface area contributed by atoms with E-state index in [1.807, 2.05) is 12.1 Å². The molecule has 2 aliphatic rings. The molecule has 3 heteroatoms. The molecular formula is C44H28FNO. The van der Waals surface area contributed by atoms with E-state index in [0.29, 0.717) is 0 Å². The van der Waals surface area contributed by atoms with E-state index < -0.39 is 5.60 Å². The molecule has 222 valence electrons. The van der Waals surface area contributed by atoms with Gasteiger partial charge in [0.05, 0.1) is 11.0 Å². The van der Waals surface area contributed by atoms with Gasteiger partial charge in [0.1, 0.15) is 11.6 Å². The van der Waals surface area contributed by atoms with Gasteiger partial charge in [-0.05, 0) is 77.2 Å². The maximum absolute atomic E-state index is 14.3. The zero-order valence-corrected chi connectivity index (χ0v) is 25.7. The number of nitrogens with zero attached hydrogens (tertiary/aromatic N) is 1. The molecule has 1 unspecified atom stereocenters. The van der Waals surface area contributed by atoms with E-state index in [2.05, 4.69) is 139 Å². The van der Waals surface area contributed by atoms with Gasteiger partial charge in [0.25, 0.3) is 0 Å². The predicted molar refractivity (Wildman–Crippen MR) is 191 cm³/mol. The topological polar surface area (TPSA) is 14.2 Å². The van der Waals surface area contributed by atoms with Gasteiger partial charge in [-0.15, -0.1) is 0 Å². The molecule has 1 aromatic heterocycles. The summed E-state index contributed by atoms with van der Waals surface area (Å²) in [5.41, 5.74) is 11.6. The fourth-order valence-corrected chi connectivity index (χ4v) is 8.09. The summed E-state index contributed by atoms with van der Waals surface area (Å²) in [6, 6.07) is 47.6. The van der Waals surface area contributed by atoms with Crippen LogP contribution in [-0.4, -0.2) is 4.57 Å². The number of ether oxygens (including phenoxy) is 1. The number of hydrogen-bond acceptors (Lipinski definition) is 1. The van der Waals surface area contributed by atoms with Crippen LogP contribution in [0.5, 0.6) is 5.75 Å². The zero-order chi connectivity index (χ0) is 31.3. The fraction of sp³-hybridized carbons (Fsp3) is 0.0455. The normalized spacial score (nSPS) is 16.0. The van der Waals surface area contributed by atoms with E-state index in [-0.39, 0.29) is 5.82 Å². The highest BCUT2D eigenvalue weighted by molar-refractivity contribution is 6.19. The third kappa shape index (κ3) is 3.54. The number of para-hydroxylation sites is 2. The molecule has 0 amide bonds. The van der Waals surface area contributed by atoms with Crippen molar-refractivity contribution in [1.82, 2.24) is 4.57 Å². The van der Waals surface area contributed by atoms with Gasteiger partial charge in [0.2, 0.25) is 0 Å². The first-order valence-corrected chi connectivity index (χ1v) is 16.0. The van der Waals surface area contributed by atoms with Crippen molar-refractivity contribution in [3.05, 3.63) is 174 Å². The molecule has 0 radical (unpaired) electrons. The lowest BCUT2D eigenvalue weighted by Gasteiger charge is -2.37. The third-order valence-corrected chi connectivity index (χ3v) is 10.2. The van der Waals surface area contributed by atoms with E-state index in [0.717, 1.165) is 44.5 Å². The van der Waals surface area contributed by atoms with Crippen LogP contribution < -0.4 is 4.74 Å². The van der Waals surface area contributed by atoms with Crippen LogP contribution in [0.15, 0.2) is 146 Å². The maximum atomic E-state index is 14.3. The van der Waals surface area contributed by atoms with Crippen molar-refractivity contribution in [1.29, 1.82) is 0 Å². The Labute approximate surface area is 271 Å². The van der Waals surface area contributed by atoms with Crippen LogP contribution in [0.1, 0.15) is 22.3 Å². The minimum Gasteiger partial charge on any atom is -0.472 e. The van der Waals surface area contributed by atoms with Gasteiger partial charge in [-0.1, -0.05) is 109 Å². The third-order valence-electron chi connectivity index (χ3n) is 10.2. The Kier molecular flexibility index (Phi) is 5.34. The predicted octanol–water partition coefficient (Wildman–Crippen LogP) is 11.4. The second-order valence-corrected chi connectivity index (χ2v) is 12.6. The standard InChI is InChI=1S/C44H28FNO/c1-27-32-25-26-44(28-17-21-30(45)22-18-28,47-43(32)38-14-8-13-37-33-9-2-3-12-36(33)41(27)42(37)38)29-19-23-31(24-20-29)46-39-15-6-4-10-34(39)35-11-5-7-16-40(35)46/h2-26H,1H3. The van der Waals surface area contributed by atoms with Gasteiger partial charge < -0.3 is 9.30 Å². The summed E-state index contributed by atoms with van der Waals surface area (Å²) in [5, 5.41) is 4.78. The molecule has 1 aliphatic heterocycles. The number of aromatic nitrogens is 1. The van der Waals surface area contributed by atoms with Crippen molar-refractivity contribution in [2.24, 2.45) is 0 Å². The van der Waals surface area contributed by atoms with Crippen LogP contribution >= 0.6 is 0 Å². The lowest BCUT2D eigenvalue weighted by atomic mass is 9.82. The largest absolute Gasteiger partial charge is 0.472 e. The molecule has 0 spiro atoms. The molecule has 2 nitrogen and oxygen atoms in total. The van der Waals surface area contributed by atoms with Gasteiger partial charge in [-0.3, -0.25) is 0 Å². The number of rotatable bonds is 3. The van der Waals surface area contributed by atoms with E-state index in [4.69, 9.17) is 4.74 Å². The van der Waals surface area contributed by atoms with Crippen LogP contribution in [0.25, 0.3) is 66.6 Å². The molecule has 0 bridgehead atoms. The van der Waals surface area contributed by atoms with E-state index >= 15 is 0 Å². The second-order valence-electron chi connectivity index (χ2n) is 12.6. The van der Waals surface area contributed by atoms with Crippen molar-refractivity contribution >= 4 is 38.7 Å². The van der Waals surface area contributed by atoms with Crippen molar-refractivity contribution in [2.45, 2.75) is 12.5 Å². The van der Waals surface area contributed by atoms with Crippen molar-refractivity contribution in [2.75, 3.05) is 0 Å². The average Bonchev–Trinajstić information content (AvgIpc) is 3.65. The summed E-state index contributed by atoms with van der Waals surface area (Å²) in [6.45, 7) is 2.20. The molecule has 7 aromatic carbocycles. The lowest BCUT2D eigenvalue weighted by Crippen LogP contribution is -2.34. The summed E-state index contributed by atoms with van der Waals surface area (Å²) in [7, 11) is 0. The Morgan fingerprint density at radius 1 is 0.574 bits per heavy atom. The first-order valence-electron chi connectivity index (χ1n) is 16.0. The summed E-state index contributed by atoms with van der Waals surface area (Å²) in [5.74, 6) is 0.583. The molecule has 0 N–H and O–H groups in total. The number of hydrogen-bond donors (Lipinski definition) is 0. The quantitative estimate of drug-likeness (QED) is 0.195. The van der Waals surface area contributed by atoms with Crippen LogP contribution in [0.4, 0.5) is 4.39 Å². The Hall–Kier alpha value is -5.93. The summed E-state index contributed by atoms with van der Waals surface area (Å²) in [4.78, 5) is 0. The Bertz CT molecular complexity index is 2560. The van der Waals surface area contributed by atoms with Gasteiger partial charge in [-0.2, -0.15) is 0 Å². The Morgan fingerprint density at radius 3 is 1.85 bits per heavy atom. The summed E-state index contributed by atoms with van der Waals surface area (Å²) in [6.07, 6.45) is 4.36. The van der Waals surface area contributed by atoms with Crippen LogP contribution in [0.3, 0.4) is 0 Å². The van der Waals surface area contributed by atoms with Crippen LogP contribution in [-0.2, 0) is 5.60 Å². The average molecular weight is 606 g/mol. The first-order chi connectivity index (χ1) is 23.1. The molecule has 0 saturated carbocycles. The number of halogens is 1. The van der Waals surface area contributed by atoms with Crippen molar-refractivity contribution in [3.8, 4) is 33.7 Å². The summed E-state index contributed by atoms with van der Waals surface area (Å²) < 4.78 is 23.9. The minimum absolute atomic E-state index is 0.273. The van der Waals surface area contributed by atoms with Gasteiger partial charge in [0.15, 0.2) is 5.60 Å². The van der Waals surface area contributed by atoms with Gasteiger partial charge >= 0.3 is 0 Å². The monoisotopic (exact) mass is 605 g/mol. The Morgan fingerprint density at radius 2 is 1.15 bits per heavy atom. The van der Waals surface area contributed by atoms with E-state index in [1.54, 1.807) is 0 Å². The lowest BCUT2D eigenvalue weighted by molar-refractivity contribution is 0.163. The highest BCUT2D eigenvalue weighted by Crippen LogP contribution is 2.55. The molecule has 47 heavy (non-hydrogen) atoms. The van der Waals surface area contributed by atoms with E-state index in [9.17, 15) is 4.39 Å². The second kappa shape index (κ2) is 9.54. The number of benzene rings is 7. The molecule has 0 saturated heterocycles. The molecular weight excluding hydrogens is 577 g/mol. The Balaban J connectivity index is 1.18. The molecule has 1 aliphatic carbocycles. The minimum atomic E-state index is -0.960. The highest BCUT2D eigenvalue weighted by Gasteiger charge is 2.39. The maximum Gasteiger partial charge on any atom is 0.178 e. The van der Waals surface area contributed by atoms with Gasteiger partial charge in [0, 0.05) is 43.9 Å². The number of fused-ring (bicyclic) bond motifs is 8. The van der Waals surface area contributed by atoms with Crippen molar-refractivity contribution in [3.63, 3.8) is 0 Å². The van der Waals surface area contributed by atoms with Crippen molar-refractivity contribution < 1.29 is 9.13 Å². The highest BCUT2D eigenvalue weighted by atomic mass is 19.1. The van der Waals surface area contributed by atoms with Crippen LogP contribution in [0.2, 0.25) is 0 Å². The first kappa shape index (κ1) is 26.3. The fourth-order valence-electron chi connectivity index (χ4n) is 8.09. The summed E-state index contributed by atoms with van der Waals surface area (Å²) >= 11 is 0. The molecule has 0 fully saturated rings. The smallest absolute Gasteiger partial charge is 0.178 e. The molecule has 8 aromatic rings. The van der Waals surface area contributed by atoms with Crippen LogP contribution in [0, 0.1) is 12.7 Å². The SMILES string of the molecule is Cc1c2c(c3cccc4c3c1-c1ccccc1-4)OC(c1ccc(F)cc1)(c1ccc(-n3c4ccccc4c4ccccc43)cc1)C=C2. The van der Waals surface area contributed by atoms with E-state index in [1.165, 1.54) is 56.1 Å². The zero-order valence-electron chi connectivity index (χ0n) is 25.7. The van der Waals surface area contributed by atoms with Gasteiger partial charge in [-0.25, -0.2) is 4.39 Å².